The van der Waals surface area contributed by atoms with Crippen LogP contribution >= 0.6 is 0 Å². The van der Waals surface area contributed by atoms with Crippen LogP contribution in [0, 0.1) is 23.5 Å². The predicted molar refractivity (Wildman–Crippen MR) is 76.1 cm³/mol. The Bertz CT molecular complexity index is 566. The van der Waals surface area contributed by atoms with Gasteiger partial charge in [0.25, 0.3) is 0 Å². The fraction of sp³-hybridized carbons (Fsp3) is 0.467. The monoisotopic (exact) mass is 312 g/mol. The number of carbonyl (C=O) groups excluding carboxylic acids is 2. The second-order valence-electron chi connectivity index (χ2n) is 5.20. The molecule has 0 saturated heterocycles. The van der Waals surface area contributed by atoms with Crippen molar-refractivity contribution in [3.63, 3.8) is 0 Å². The van der Waals surface area contributed by atoms with E-state index in [1.807, 2.05) is 0 Å². The Morgan fingerprint density at radius 1 is 1.23 bits per heavy atom. The Labute approximate surface area is 127 Å². The number of ether oxygens (including phenoxy) is 1. The highest BCUT2D eigenvalue weighted by Crippen LogP contribution is 2.39. The van der Waals surface area contributed by atoms with E-state index in [1.165, 1.54) is 6.07 Å². The highest BCUT2D eigenvalue weighted by Gasteiger charge is 2.47. The van der Waals surface area contributed by atoms with Gasteiger partial charge < -0.3 is 15.4 Å². The molecule has 0 bridgehead atoms. The van der Waals surface area contributed by atoms with Gasteiger partial charge >= 0.3 is 0 Å². The molecule has 0 aliphatic heterocycles. The molecule has 1 aliphatic carbocycles. The average molecular weight is 312 g/mol. The van der Waals surface area contributed by atoms with Crippen LogP contribution in [0.4, 0.5) is 14.5 Å². The number of hydrogen-bond acceptors (Lipinski definition) is 3. The van der Waals surface area contributed by atoms with Gasteiger partial charge in [0.2, 0.25) is 11.8 Å². The van der Waals surface area contributed by atoms with Gasteiger partial charge in [-0.3, -0.25) is 9.59 Å². The van der Waals surface area contributed by atoms with Gasteiger partial charge in [0.15, 0.2) is 11.6 Å². The molecule has 0 heterocycles. The Morgan fingerprint density at radius 3 is 2.64 bits per heavy atom. The molecule has 120 valence electrons. The number of anilines is 1. The van der Waals surface area contributed by atoms with Crippen molar-refractivity contribution in [3.8, 4) is 0 Å². The summed E-state index contributed by atoms with van der Waals surface area (Å²) < 4.78 is 30.7. The van der Waals surface area contributed by atoms with Crippen molar-refractivity contribution < 1.29 is 23.1 Å². The maximum Gasteiger partial charge on any atom is 0.228 e. The first-order chi connectivity index (χ1) is 10.5. The first-order valence-corrected chi connectivity index (χ1v) is 7.05. The predicted octanol–water partition coefficient (Wildman–Crippen LogP) is 1.69. The van der Waals surface area contributed by atoms with Crippen molar-refractivity contribution in [1.82, 2.24) is 5.32 Å². The zero-order valence-electron chi connectivity index (χ0n) is 12.2. The van der Waals surface area contributed by atoms with Crippen molar-refractivity contribution in [2.45, 2.75) is 12.8 Å². The molecule has 5 nitrogen and oxygen atoms in total. The quantitative estimate of drug-likeness (QED) is 0.753. The minimum absolute atomic E-state index is 0.165. The lowest BCUT2D eigenvalue weighted by atomic mass is 10.2. The molecule has 0 radical (unpaired) electrons. The summed E-state index contributed by atoms with van der Waals surface area (Å²) in [5, 5.41) is 5.22. The van der Waals surface area contributed by atoms with Gasteiger partial charge in [0.1, 0.15) is 0 Å². The van der Waals surface area contributed by atoms with E-state index in [2.05, 4.69) is 10.6 Å². The number of hydrogen-bond donors (Lipinski definition) is 2. The van der Waals surface area contributed by atoms with Gasteiger partial charge in [0, 0.05) is 32.0 Å². The highest BCUT2D eigenvalue weighted by atomic mass is 19.2. The number of benzene rings is 1. The fourth-order valence-corrected chi connectivity index (χ4v) is 2.14. The van der Waals surface area contributed by atoms with Gasteiger partial charge in [-0.25, -0.2) is 8.78 Å². The molecule has 2 rings (SSSR count). The summed E-state index contributed by atoms with van der Waals surface area (Å²) in [7, 11) is 1.58. The lowest BCUT2D eigenvalue weighted by Gasteiger charge is -2.06. The van der Waals surface area contributed by atoms with E-state index in [9.17, 15) is 18.4 Å². The molecule has 7 heteroatoms. The van der Waals surface area contributed by atoms with Crippen LogP contribution in [-0.2, 0) is 14.3 Å². The van der Waals surface area contributed by atoms with Crippen LogP contribution in [0.5, 0.6) is 0 Å². The number of halogens is 2. The molecule has 1 aromatic rings. The van der Waals surface area contributed by atoms with Gasteiger partial charge in [-0.2, -0.15) is 0 Å². The fourth-order valence-electron chi connectivity index (χ4n) is 2.14. The van der Waals surface area contributed by atoms with Crippen LogP contribution in [0.25, 0.3) is 0 Å². The van der Waals surface area contributed by atoms with E-state index in [-0.39, 0.29) is 23.4 Å². The molecule has 2 unspecified atom stereocenters. The smallest absolute Gasteiger partial charge is 0.228 e. The van der Waals surface area contributed by atoms with Crippen molar-refractivity contribution in [2.24, 2.45) is 11.8 Å². The largest absolute Gasteiger partial charge is 0.385 e. The zero-order valence-corrected chi connectivity index (χ0v) is 12.2. The van der Waals surface area contributed by atoms with Crippen LogP contribution in [0.2, 0.25) is 0 Å². The molecule has 0 aromatic heterocycles. The first-order valence-electron chi connectivity index (χ1n) is 7.05. The minimum Gasteiger partial charge on any atom is -0.385 e. The number of methoxy groups -OCH3 is 1. The summed E-state index contributed by atoms with van der Waals surface area (Å²) in [6.07, 6.45) is 1.17. The SMILES string of the molecule is COCCCNC(=O)C1CC1C(=O)Nc1ccc(F)c(F)c1. The summed E-state index contributed by atoms with van der Waals surface area (Å²) in [5.41, 5.74) is 0.176. The zero-order chi connectivity index (χ0) is 16.1. The third-order valence-electron chi connectivity index (χ3n) is 3.48. The van der Waals surface area contributed by atoms with Crippen LogP contribution in [0.3, 0.4) is 0 Å². The summed E-state index contributed by atoms with van der Waals surface area (Å²) in [5.74, 6) is -3.30. The van der Waals surface area contributed by atoms with Gasteiger partial charge in [-0.1, -0.05) is 0 Å². The van der Waals surface area contributed by atoms with Gasteiger partial charge in [-0.05, 0) is 25.0 Å². The third kappa shape index (κ3) is 4.24. The molecule has 1 saturated carbocycles. The molecule has 22 heavy (non-hydrogen) atoms. The van der Waals surface area contributed by atoms with Crippen LogP contribution < -0.4 is 10.6 Å². The van der Waals surface area contributed by atoms with E-state index >= 15 is 0 Å². The molecule has 1 aliphatic rings. The average Bonchev–Trinajstić information content (AvgIpc) is 3.28. The van der Waals surface area contributed by atoms with Gasteiger partial charge in [0.05, 0.1) is 11.8 Å². The van der Waals surface area contributed by atoms with Gasteiger partial charge in [-0.15, -0.1) is 0 Å². The second kappa shape index (κ2) is 7.31. The maximum atomic E-state index is 13.1. The van der Waals surface area contributed by atoms with Crippen LogP contribution in [0.1, 0.15) is 12.8 Å². The molecule has 1 fully saturated rings. The normalized spacial score (nSPS) is 19.6. The Morgan fingerprint density at radius 2 is 1.95 bits per heavy atom. The number of amides is 2. The second-order valence-corrected chi connectivity index (χ2v) is 5.20. The highest BCUT2D eigenvalue weighted by molar-refractivity contribution is 5.99. The van der Waals surface area contributed by atoms with Crippen LogP contribution in [0.15, 0.2) is 18.2 Å². The summed E-state index contributed by atoms with van der Waals surface area (Å²) in [6.45, 7) is 1.06. The van der Waals surface area contributed by atoms with E-state index in [4.69, 9.17) is 4.74 Å². The van der Waals surface area contributed by atoms with Crippen molar-refractivity contribution in [3.05, 3.63) is 29.8 Å². The standard InChI is InChI=1S/C15H18F2N2O3/c1-22-6-2-5-18-14(20)10-8-11(10)15(21)19-9-3-4-12(16)13(17)7-9/h3-4,7,10-11H,2,5-6,8H2,1H3,(H,18,20)(H,19,21). The van der Waals surface area contributed by atoms with Crippen LogP contribution in [-0.4, -0.2) is 32.1 Å². The maximum absolute atomic E-state index is 13.1. The number of rotatable bonds is 7. The lowest BCUT2D eigenvalue weighted by Crippen LogP contribution is -2.28. The molecule has 2 N–H and O–H groups in total. The third-order valence-corrected chi connectivity index (χ3v) is 3.48. The first kappa shape index (κ1) is 16.4. The van der Waals surface area contributed by atoms with E-state index in [0.717, 1.165) is 12.1 Å². The summed E-state index contributed by atoms with van der Waals surface area (Å²) >= 11 is 0. The Hall–Kier alpha value is -2.02. The minimum atomic E-state index is -1.03. The lowest BCUT2D eigenvalue weighted by molar-refractivity contribution is -0.125. The van der Waals surface area contributed by atoms with E-state index < -0.39 is 17.6 Å². The molecular formula is C15H18F2N2O3. The number of nitrogens with one attached hydrogen (secondary N) is 2. The summed E-state index contributed by atoms with van der Waals surface area (Å²) in [4.78, 5) is 23.7. The topological polar surface area (TPSA) is 67.4 Å². The van der Waals surface area contributed by atoms with Crippen molar-refractivity contribution in [1.29, 1.82) is 0 Å². The molecular weight excluding hydrogens is 294 g/mol. The Balaban J connectivity index is 1.78. The Kier molecular flexibility index (Phi) is 5.43. The number of carbonyl (C=O) groups is 2. The van der Waals surface area contributed by atoms with E-state index in [0.29, 0.717) is 26.0 Å². The van der Waals surface area contributed by atoms with E-state index in [1.54, 1.807) is 7.11 Å². The van der Waals surface area contributed by atoms with Crippen molar-refractivity contribution in [2.75, 3.05) is 25.6 Å². The molecule has 0 spiro atoms. The molecule has 1 aromatic carbocycles. The van der Waals surface area contributed by atoms with Crippen molar-refractivity contribution >= 4 is 17.5 Å². The molecule has 2 amide bonds. The molecule has 2 atom stereocenters. The summed E-state index contributed by atoms with van der Waals surface area (Å²) in [6, 6.07) is 3.13.